The lowest BCUT2D eigenvalue weighted by atomic mass is 9.55. The summed E-state index contributed by atoms with van der Waals surface area (Å²) in [6.45, 7) is 7.09. The third-order valence-corrected chi connectivity index (χ3v) is 11.8. The van der Waals surface area contributed by atoms with Crippen LogP contribution in [0.2, 0.25) is 0 Å². The number of nitro benzene ring substituents is 1. The van der Waals surface area contributed by atoms with Crippen molar-refractivity contribution in [2.75, 3.05) is 39.6 Å². The molecule has 328 valence electrons. The van der Waals surface area contributed by atoms with Crippen molar-refractivity contribution in [3.63, 3.8) is 0 Å². The number of unbranched alkanes of at least 4 members (excludes halogenated alkanes) is 2. The lowest BCUT2D eigenvalue weighted by Gasteiger charge is -2.59. The summed E-state index contributed by atoms with van der Waals surface area (Å²) in [4.78, 5) is 33.0. The molecular formula is C47H59N3O11. The van der Waals surface area contributed by atoms with E-state index in [9.17, 15) is 30.2 Å². The molecule has 0 aromatic heterocycles. The van der Waals surface area contributed by atoms with Crippen LogP contribution in [0.1, 0.15) is 80.9 Å². The van der Waals surface area contributed by atoms with Crippen molar-refractivity contribution in [2.24, 2.45) is 22.9 Å². The summed E-state index contributed by atoms with van der Waals surface area (Å²) in [6, 6.07) is 20.1. The molecule has 0 spiro atoms. The van der Waals surface area contributed by atoms with Crippen LogP contribution in [0, 0.1) is 27.9 Å². The van der Waals surface area contributed by atoms with Gasteiger partial charge in [0.25, 0.3) is 5.69 Å². The average Bonchev–Trinajstić information content (AvgIpc) is 3.27. The maximum atomic E-state index is 14.4. The number of carbonyl (C=O) groups excluding carboxylic acids is 1. The molecule has 1 aliphatic heterocycles. The van der Waals surface area contributed by atoms with Crippen molar-refractivity contribution in [3.05, 3.63) is 124 Å². The van der Waals surface area contributed by atoms with Crippen LogP contribution in [0.3, 0.4) is 0 Å². The van der Waals surface area contributed by atoms with E-state index in [1.165, 1.54) is 12.1 Å². The number of rotatable bonds is 23. The molecule has 3 aromatic rings. The van der Waals surface area contributed by atoms with E-state index in [-0.39, 0.29) is 75.3 Å². The zero-order chi connectivity index (χ0) is 43.2. The van der Waals surface area contributed by atoms with E-state index in [1.54, 1.807) is 41.3 Å². The second-order valence-electron chi connectivity index (χ2n) is 15.8. The molecular weight excluding hydrogens is 783 g/mol. The predicted octanol–water partition coefficient (Wildman–Crippen LogP) is 8.20. The van der Waals surface area contributed by atoms with Gasteiger partial charge in [-0.15, -0.1) is 6.58 Å². The molecule has 3 N–H and O–H groups in total. The number of ether oxygens (including phenoxy) is 4. The minimum Gasteiger partial charge on any atom is -0.508 e. The summed E-state index contributed by atoms with van der Waals surface area (Å²) in [5.74, 6) is -1.72. The highest BCUT2D eigenvalue weighted by atomic mass is 16.7. The summed E-state index contributed by atoms with van der Waals surface area (Å²) in [7, 11) is 0. The van der Waals surface area contributed by atoms with E-state index in [0.717, 1.165) is 42.4 Å². The van der Waals surface area contributed by atoms with Gasteiger partial charge in [-0.1, -0.05) is 67.4 Å². The monoisotopic (exact) mass is 841 g/mol. The number of aliphatic hydroxyl groups is 2. The van der Waals surface area contributed by atoms with Crippen LogP contribution in [0.4, 0.5) is 10.5 Å². The van der Waals surface area contributed by atoms with Gasteiger partial charge in [0.1, 0.15) is 30.8 Å². The van der Waals surface area contributed by atoms with Crippen molar-refractivity contribution >= 4 is 17.5 Å². The van der Waals surface area contributed by atoms with Gasteiger partial charge in [-0.05, 0) is 91.0 Å². The topological polar surface area (TPSA) is 183 Å². The first kappa shape index (κ1) is 45.3. The number of benzene rings is 3. The number of non-ortho nitro benzene ring substituents is 1. The number of amides is 1. The molecule has 6 atom stereocenters. The van der Waals surface area contributed by atoms with E-state index in [0.29, 0.717) is 49.4 Å². The van der Waals surface area contributed by atoms with E-state index in [1.807, 2.05) is 37.3 Å². The first-order valence-corrected chi connectivity index (χ1v) is 21.4. The van der Waals surface area contributed by atoms with Gasteiger partial charge in [-0.25, -0.2) is 4.79 Å². The number of allylic oxidation sites excluding steroid dienone is 1. The molecule has 6 rings (SSSR count). The number of hydrogen-bond donors (Lipinski definition) is 3. The Bertz CT molecular complexity index is 1970. The zero-order valence-electron chi connectivity index (χ0n) is 34.9. The zero-order valence-corrected chi connectivity index (χ0v) is 34.9. The summed E-state index contributed by atoms with van der Waals surface area (Å²) in [5, 5.41) is 46.7. The second-order valence-corrected chi connectivity index (χ2v) is 15.8. The first-order valence-electron chi connectivity index (χ1n) is 21.4. The Morgan fingerprint density at radius 1 is 1.00 bits per heavy atom. The van der Waals surface area contributed by atoms with Gasteiger partial charge in [0.15, 0.2) is 0 Å². The number of phenols is 1. The Balaban J connectivity index is 1.44. The number of phenolic OH excluding ortho intramolecular Hbond substituents is 1. The number of nitro groups is 1. The highest BCUT2D eigenvalue weighted by Gasteiger charge is 2.65. The first-order chi connectivity index (χ1) is 29.7. The van der Waals surface area contributed by atoms with Crippen molar-refractivity contribution in [1.82, 2.24) is 4.90 Å². The van der Waals surface area contributed by atoms with Crippen molar-refractivity contribution < 1.29 is 48.8 Å². The smallest absolute Gasteiger partial charge is 0.410 e. The van der Waals surface area contributed by atoms with Crippen LogP contribution >= 0.6 is 0 Å². The summed E-state index contributed by atoms with van der Waals surface area (Å²) >= 11 is 0. The molecule has 1 amide bonds. The van der Waals surface area contributed by atoms with Crippen LogP contribution in [0.15, 0.2) is 102 Å². The second kappa shape index (κ2) is 22.0. The molecule has 1 saturated carbocycles. The number of oxime groups is 1. The van der Waals surface area contributed by atoms with E-state index in [4.69, 9.17) is 28.9 Å². The Morgan fingerprint density at radius 3 is 2.44 bits per heavy atom. The van der Waals surface area contributed by atoms with Gasteiger partial charge >= 0.3 is 6.09 Å². The van der Waals surface area contributed by atoms with Gasteiger partial charge in [0.05, 0.1) is 36.4 Å². The lowest BCUT2D eigenvalue weighted by Crippen LogP contribution is -2.70. The Hall–Kier alpha value is -5.28. The average molecular weight is 842 g/mol. The number of aliphatic hydroxyl groups excluding tert-OH is 2. The number of hydrogen-bond acceptors (Lipinski definition) is 12. The van der Waals surface area contributed by atoms with Gasteiger partial charge in [-0.2, -0.15) is 0 Å². The number of aromatic hydroxyl groups is 1. The van der Waals surface area contributed by atoms with Crippen LogP contribution in [-0.2, 0) is 32.3 Å². The summed E-state index contributed by atoms with van der Waals surface area (Å²) in [5.41, 5.74) is 3.90. The van der Waals surface area contributed by atoms with Crippen molar-refractivity contribution in [3.8, 4) is 11.5 Å². The Labute approximate surface area is 357 Å². The molecule has 14 nitrogen and oxygen atoms in total. The van der Waals surface area contributed by atoms with E-state index in [2.05, 4.69) is 12.7 Å². The predicted molar refractivity (Wildman–Crippen MR) is 229 cm³/mol. The molecule has 61 heavy (non-hydrogen) atoms. The molecule has 1 heterocycles. The molecule has 0 radical (unpaired) electrons. The van der Waals surface area contributed by atoms with Gasteiger partial charge < -0.3 is 39.1 Å². The fourth-order valence-corrected chi connectivity index (χ4v) is 9.21. The van der Waals surface area contributed by atoms with Crippen molar-refractivity contribution in [1.29, 1.82) is 0 Å². The van der Waals surface area contributed by atoms with Crippen LogP contribution in [0.25, 0.3) is 0 Å². The maximum absolute atomic E-state index is 14.4. The normalized spacial score (nSPS) is 23.2. The fraction of sp³-hybridized carbons (Fsp3) is 0.489. The largest absolute Gasteiger partial charge is 0.508 e. The SMILES string of the molecule is C=CCOC12Oc3ccc(O)cc3C3C(CCCCO)C(CCCCO)C=C(C(=NOCc4ccc([N+](=O)[O-])cc4)CC1N(CCC)C(=O)OCCOCc1ccccc1)C32. The number of carbonyl (C=O) groups is 1. The quantitative estimate of drug-likeness (QED) is 0.0362. The minimum absolute atomic E-state index is 0.00971. The minimum atomic E-state index is -1.48. The third-order valence-electron chi connectivity index (χ3n) is 11.8. The molecule has 6 unspecified atom stereocenters. The van der Waals surface area contributed by atoms with Gasteiger partial charge in [-0.3, -0.25) is 15.0 Å². The van der Waals surface area contributed by atoms with Gasteiger partial charge in [0.2, 0.25) is 5.79 Å². The Morgan fingerprint density at radius 2 is 1.74 bits per heavy atom. The van der Waals surface area contributed by atoms with Crippen LogP contribution in [0.5, 0.6) is 11.5 Å². The van der Waals surface area contributed by atoms with Crippen molar-refractivity contribution in [2.45, 2.75) is 89.3 Å². The molecule has 3 aromatic carbocycles. The summed E-state index contributed by atoms with van der Waals surface area (Å²) < 4.78 is 25.9. The highest BCUT2D eigenvalue weighted by molar-refractivity contribution is 6.03. The fourth-order valence-electron chi connectivity index (χ4n) is 9.21. The molecule has 3 aliphatic rings. The summed E-state index contributed by atoms with van der Waals surface area (Å²) in [6.07, 6.45) is 8.39. The number of fused-ring (bicyclic) bond motifs is 2. The van der Waals surface area contributed by atoms with Crippen LogP contribution in [-0.4, -0.2) is 88.4 Å². The van der Waals surface area contributed by atoms with Crippen LogP contribution < -0.4 is 4.74 Å². The third kappa shape index (κ3) is 10.8. The molecule has 0 bridgehead atoms. The lowest BCUT2D eigenvalue weighted by molar-refractivity contribution is -0.384. The molecule has 0 saturated heterocycles. The van der Waals surface area contributed by atoms with E-state index >= 15 is 0 Å². The van der Waals surface area contributed by atoms with Gasteiger partial charge in [0, 0.05) is 49.8 Å². The molecule has 2 aliphatic carbocycles. The number of nitrogens with zero attached hydrogens (tertiary/aromatic N) is 3. The Kier molecular flexibility index (Phi) is 16.3. The maximum Gasteiger partial charge on any atom is 0.410 e. The molecule has 14 heteroatoms. The highest BCUT2D eigenvalue weighted by Crippen LogP contribution is 2.62. The molecule has 1 fully saturated rings. The standard InChI is InChI=1S/C47H59N3O11/c1-3-22-49(46(54)58-27-26-57-31-33-12-6-5-7-13-33)43-30-41(48-60-32-34-16-18-36(19-17-34)50(55)56)39-28-35(14-8-10-23-51)38(15-9-11-24-52)44-40-29-37(53)20-21-42(40)61-47(43,45(39)44)59-25-4-2/h4-7,12-13,16-21,28-29,35,38,43-45,51-53H,2-3,8-11,14-15,22-27,30-32H2,1H3. The van der Waals surface area contributed by atoms with E-state index < -0.39 is 28.8 Å².